The monoisotopic (exact) mass is 325 g/mol. The van der Waals surface area contributed by atoms with Crippen LogP contribution in [0.1, 0.15) is 11.4 Å². The SMILES string of the molecule is O=C(/C=C/c1cccc(Cl)c1)NCCc1nc2ccccc2[nH]1. The molecule has 1 aromatic heterocycles. The number of carbonyl (C=O) groups is 1. The van der Waals surface area contributed by atoms with Crippen LogP contribution >= 0.6 is 11.6 Å². The van der Waals surface area contributed by atoms with Crippen LogP contribution in [-0.4, -0.2) is 22.4 Å². The Morgan fingerprint density at radius 3 is 2.91 bits per heavy atom. The Balaban J connectivity index is 1.51. The molecule has 0 saturated carbocycles. The highest BCUT2D eigenvalue weighted by Gasteiger charge is 2.02. The van der Waals surface area contributed by atoms with E-state index in [0.29, 0.717) is 18.0 Å². The molecule has 0 atom stereocenters. The number of H-pyrrole nitrogens is 1. The van der Waals surface area contributed by atoms with Crippen molar-refractivity contribution in [2.45, 2.75) is 6.42 Å². The fraction of sp³-hybridized carbons (Fsp3) is 0.111. The van der Waals surface area contributed by atoms with E-state index in [1.165, 1.54) is 6.08 Å². The summed E-state index contributed by atoms with van der Waals surface area (Å²) >= 11 is 5.90. The molecule has 2 N–H and O–H groups in total. The summed E-state index contributed by atoms with van der Waals surface area (Å²) in [5.41, 5.74) is 2.84. The van der Waals surface area contributed by atoms with Gasteiger partial charge < -0.3 is 10.3 Å². The Hall–Kier alpha value is -2.59. The molecule has 0 spiro atoms. The molecule has 5 heteroatoms. The first-order valence-corrected chi connectivity index (χ1v) is 7.73. The number of imidazole rings is 1. The molecule has 2 aromatic carbocycles. The van der Waals surface area contributed by atoms with Crippen molar-refractivity contribution in [1.29, 1.82) is 0 Å². The molecule has 3 rings (SSSR count). The number of fused-ring (bicyclic) bond motifs is 1. The lowest BCUT2D eigenvalue weighted by atomic mass is 10.2. The van der Waals surface area contributed by atoms with E-state index in [4.69, 9.17) is 11.6 Å². The van der Waals surface area contributed by atoms with Crippen molar-refractivity contribution in [3.63, 3.8) is 0 Å². The normalized spacial score (nSPS) is 11.2. The van der Waals surface area contributed by atoms with Crippen LogP contribution < -0.4 is 5.32 Å². The van der Waals surface area contributed by atoms with Gasteiger partial charge in [0.05, 0.1) is 11.0 Å². The molecule has 0 bridgehead atoms. The van der Waals surface area contributed by atoms with Gasteiger partial charge in [0, 0.05) is 24.1 Å². The number of para-hydroxylation sites is 2. The van der Waals surface area contributed by atoms with E-state index in [2.05, 4.69) is 15.3 Å². The summed E-state index contributed by atoms with van der Waals surface area (Å²) in [7, 11) is 0. The van der Waals surface area contributed by atoms with Crippen LogP contribution in [0.4, 0.5) is 0 Å². The number of carbonyl (C=O) groups excluding carboxylic acids is 1. The number of amides is 1. The third kappa shape index (κ3) is 4.20. The van der Waals surface area contributed by atoms with E-state index in [1.54, 1.807) is 18.2 Å². The molecule has 3 aromatic rings. The molecule has 0 fully saturated rings. The molecular weight excluding hydrogens is 310 g/mol. The summed E-state index contributed by atoms with van der Waals surface area (Å²) in [5.74, 6) is 0.728. The Kier molecular flexibility index (Phi) is 4.74. The summed E-state index contributed by atoms with van der Waals surface area (Å²) in [6, 6.07) is 15.2. The summed E-state index contributed by atoms with van der Waals surface area (Å²) < 4.78 is 0. The van der Waals surface area contributed by atoms with E-state index >= 15 is 0 Å². The lowest BCUT2D eigenvalue weighted by Gasteiger charge is -2.00. The number of benzene rings is 2. The quantitative estimate of drug-likeness (QED) is 0.704. The predicted octanol–water partition coefficient (Wildman–Crippen LogP) is 3.59. The Bertz CT molecular complexity index is 821. The largest absolute Gasteiger partial charge is 0.352 e. The van der Waals surface area contributed by atoms with Gasteiger partial charge in [-0.2, -0.15) is 0 Å². The molecule has 0 aliphatic heterocycles. The van der Waals surface area contributed by atoms with Crippen LogP contribution in [-0.2, 0) is 11.2 Å². The van der Waals surface area contributed by atoms with Crippen molar-refractivity contribution < 1.29 is 4.79 Å². The first-order chi connectivity index (χ1) is 11.2. The molecule has 0 aliphatic carbocycles. The molecule has 1 heterocycles. The number of nitrogens with zero attached hydrogens (tertiary/aromatic N) is 1. The van der Waals surface area contributed by atoms with Crippen LogP contribution in [0.5, 0.6) is 0 Å². The van der Waals surface area contributed by atoms with Crippen molar-refractivity contribution in [2.24, 2.45) is 0 Å². The topological polar surface area (TPSA) is 57.8 Å². The number of rotatable bonds is 5. The zero-order chi connectivity index (χ0) is 16.1. The molecule has 0 unspecified atom stereocenters. The van der Waals surface area contributed by atoms with Gasteiger partial charge in [-0.25, -0.2) is 4.98 Å². The molecule has 116 valence electrons. The number of aromatic amines is 1. The second kappa shape index (κ2) is 7.11. The van der Waals surface area contributed by atoms with Crippen molar-refractivity contribution in [2.75, 3.05) is 6.54 Å². The van der Waals surface area contributed by atoms with Gasteiger partial charge >= 0.3 is 0 Å². The molecule has 1 amide bonds. The summed E-state index contributed by atoms with van der Waals surface area (Å²) in [6.07, 6.45) is 3.90. The summed E-state index contributed by atoms with van der Waals surface area (Å²) in [5, 5.41) is 3.49. The predicted molar refractivity (Wildman–Crippen MR) is 93.3 cm³/mol. The van der Waals surface area contributed by atoms with Gasteiger partial charge in [-0.05, 0) is 35.9 Å². The van der Waals surface area contributed by atoms with E-state index in [1.807, 2.05) is 36.4 Å². The second-order valence-electron chi connectivity index (χ2n) is 5.13. The lowest BCUT2D eigenvalue weighted by molar-refractivity contribution is -0.116. The molecule has 0 radical (unpaired) electrons. The van der Waals surface area contributed by atoms with Gasteiger partial charge in [-0.3, -0.25) is 4.79 Å². The maximum Gasteiger partial charge on any atom is 0.244 e. The maximum absolute atomic E-state index is 11.8. The van der Waals surface area contributed by atoms with Gasteiger partial charge in [-0.1, -0.05) is 35.9 Å². The number of aromatic nitrogens is 2. The van der Waals surface area contributed by atoms with E-state index < -0.39 is 0 Å². The summed E-state index contributed by atoms with van der Waals surface area (Å²) in [6.45, 7) is 0.526. The minimum atomic E-state index is -0.138. The number of nitrogens with one attached hydrogen (secondary N) is 2. The van der Waals surface area contributed by atoms with Gasteiger partial charge in [0.15, 0.2) is 0 Å². The molecule has 4 nitrogen and oxygen atoms in total. The molecular formula is C18H16ClN3O. The first kappa shape index (κ1) is 15.3. The highest BCUT2D eigenvalue weighted by atomic mass is 35.5. The smallest absolute Gasteiger partial charge is 0.244 e. The number of hydrogen-bond donors (Lipinski definition) is 2. The first-order valence-electron chi connectivity index (χ1n) is 7.36. The van der Waals surface area contributed by atoms with E-state index in [-0.39, 0.29) is 5.91 Å². The van der Waals surface area contributed by atoms with E-state index in [9.17, 15) is 4.79 Å². The lowest BCUT2D eigenvalue weighted by Crippen LogP contribution is -2.23. The van der Waals surface area contributed by atoms with Crippen molar-refractivity contribution in [1.82, 2.24) is 15.3 Å². The second-order valence-corrected chi connectivity index (χ2v) is 5.57. The van der Waals surface area contributed by atoms with Gasteiger partial charge in [0.2, 0.25) is 5.91 Å². The zero-order valence-electron chi connectivity index (χ0n) is 12.4. The average molecular weight is 326 g/mol. The fourth-order valence-electron chi connectivity index (χ4n) is 2.27. The van der Waals surface area contributed by atoms with Crippen LogP contribution in [0.15, 0.2) is 54.6 Å². The Morgan fingerprint density at radius 2 is 2.09 bits per heavy atom. The van der Waals surface area contributed by atoms with Crippen LogP contribution in [0.3, 0.4) is 0 Å². The van der Waals surface area contributed by atoms with Crippen molar-refractivity contribution in [3.05, 3.63) is 71.0 Å². The number of hydrogen-bond acceptors (Lipinski definition) is 2. The van der Waals surface area contributed by atoms with Crippen molar-refractivity contribution in [3.8, 4) is 0 Å². The average Bonchev–Trinajstić information content (AvgIpc) is 2.96. The number of halogens is 1. The Labute approximate surface area is 139 Å². The third-order valence-corrected chi connectivity index (χ3v) is 3.61. The fourth-order valence-corrected chi connectivity index (χ4v) is 2.47. The molecule has 23 heavy (non-hydrogen) atoms. The van der Waals surface area contributed by atoms with Gasteiger partial charge in [0.1, 0.15) is 5.82 Å². The molecule has 0 saturated heterocycles. The molecule has 0 aliphatic rings. The highest BCUT2D eigenvalue weighted by Crippen LogP contribution is 2.12. The van der Waals surface area contributed by atoms with Gasteiger partial charge in [-0.15, -0.1) is 0 Å². The van der Waals surface area contributed by atoms with Crippen molar-refractivity contribution >= 4 is 34.6 Å². The Morgan fingerprint density at radius 1 is 1.22 bits per heavy atom. The minimum absolute atomic E-state index is 0.138. The van der Waals surface area contributed by atoms with E-state index in [0.717, 1.165) is 22.4 Å². The zero-order valence-corrected chi connectivity index (χ0v) is 13.2. The van der Waals surface area contributed by atoms with Crippen LogP contribution in [0, 0.1) is 0 Å². The minimum Gasteiger partial charge on any atom is -0.352 e. The third-order valence-electron chi connectivity index (χ3n) is 3.38. The highest BCUT2D eigenvalue weighted by molar-refractivity contribution is 6.30. The van der Waals surface area contributed by atoms with Crippen LogP contribution in [0.2, 0.25) is 5.02 Å². The standard InChI is InChI=1S/C18H16ClN3O/c19-14-5-3-4-13(12-14)8-9-18(23)20-11-10-17-21-15-6-1-2-7-16(15)22-17/h1-9,12H,10-11H2,(H,20,23)(H,21,22)/b9-8+. The van der Waals surface area contributed by atoms with Crippen LogP contribution in [0.25, 0.3) is 17.1 Å². The van der Waals surface area contributed by atoms with Gasteiger partial charge in [0.25, 0.3) is 0 Å². The summed E-state index contributed by atoms with van der Waals surface area (Å²) in [4.78, 5) is 19.5. The maximum atomic E-state index is 11.8.